The monoisotopic (exact) mass is 563 g/mol. The van der Waals surface area contributed by atoms with Crippen molar-refractivity contribution in [1.82, 2.24) is 29.1 Å². The Kier molecular flexibility index (Phi) is 7.79. The standard InChI is InChI=1S/C29H34FN7O2S/c30-26-4-3-5-27-25(26)13-19-36(27)28-12-16-32-29(34-28)33-22-6-8-24(9-7-22)40(38,39)37(23-10-14-31-15-11-23)21-20-35-17-1-2-18-35/h3-9,12-13,16,19,23,31H,1-2,10-11,14-15,17-18,20-21H2,(H,32,33,34). The summed E-state index contributed by atoms with van der Waals surface area (Å²) in [5.74, 6) is 0.662. The first-order valence-corrected chi connectivity index (χ1v) is 15.3. The Hall–Kier alpha value is -3.38. The van der Waals surface area contributed by atoms with Crippen molar-refractivity contribution in [2.75, 3.05) is 44.6 Å². The molecule has 210 valence electrons. The minimum absolute atomic E-state index is 0.000960. The van der Waals surface area contributed by atoms with Crippen LogP contribution in [0.5, 0.6) is 0 Å². The van der Waals surface area contributed by atoms with Gasteiger partial charge in [0, 0.05) is 42.6 Å². The van der Waals surface area contributed by atoms with Crippen LogP contribution in [0.2, 0.25) is 0 Å². The lowest BCUT2D eigenvalue weighted by molar-refractivity contribution is 0.228. The highest BCUT2D eigenvalue weighted by molar-refractivity contribution is 7.89. The molecule has 0 radical (unpaired) electrons. The number of benzene rings is 2. The van der Waals surface area contributed by atoms with Crippen LogP contribution in [0.1, 0.15) is 25.7 Å². The normalized spacial score (nSPS) is 17.1. The minimum atomic E-state index is -3.66. The Balaban J connectivity index is 1.20. The molecule has 4 aromatic rings. The van der Waals surface area contributed by atoms with Crippen molar-refractivity contribution in [3.05, 3.63) is 72.8 Å². The molecular weight excluding hydrogens is 529 g/mol. The molecule has 0 bridgehead atoms. The third kappa shape index (κ3) is 5.60. The van der Waals surface area contributed by atoms with Crippen LogP contribution in [0, 0.1) is 5.82 Å². The summed E-state index contributed by atoms with van der Waals surface area (Å²) in [5, 5.41) is 7.03. The average Bonchev–Trinajstić information content (AvgIpc) is 3.65. The van der Waals surface area contributed by atoms with Crippen molar-refractivity contribution in [2.45, 2.75) is 36.6 Å². The highest BCUT2D eigenvalue weighted by atomic mass is 32.2. The van der Waals surface area contributed by atoms with E-state index >= 15 is 0 Å². The zero-order valence-electron chi connectivity index (χ0n) is 22.3. The van der Waals surface area contributed by atoms with Crippen LogP contribution >= 0.6 is 0 Å². The fraction of sp³-hybridized carbons (Fsp3) is 0.379. The summed E-state index contributed by atoms with van der Waals surface area (Å²) in [6.45, 7) is 5.01. The van der Waals surface area contributed by atoms with Crippen LogP contribution in [0.25, 0.3) is 16.7 Å². The third-order valence-corrected chi connectivity index (χ3v) is 9.80. The van der Waals surface area contributed by atoms with Gasteiger partial charge in [0.2, 0.25) is 16.0 Å². The molecule has 0 atom stereocenters. The van der Waals surface area contributed by atoms with E-state index in [1.807, 2.05) is 6.07 Å². The number of hydrogen-bond donors (Lipinski definition) is 2. The Morgan fingerprint density at radius 3 is 2.58 bits per heavy atom. The van der Waals surface area contributed by atoms with E-state index in [1.54, 1.807) is 63.7 Å². The second-order valence-electron chi connectivity index (χ2n) is 10.4. The molecule has 2 saturated heterocycles. The topological polar surface area (TPSA) is 95.4 Å². The highest BCUT2D eigenvalue weighted by Crippen LogP contribution is 2.26. The number of fused-ring (bicyclic) bond motifs is 1. The third-order valence-electron chi connectivity index (χ3n) is 7.84. The molecule has 4 heterocycles. The van der Waals surface area contributed by atoms with Crippen molar-refractivity contribution in [1.29, 1.82) is 0 Å². The molecule has 2 aliphatic heterocycles. The SMILES string of the molecule is O=S(=O)(c1ccc(Nc2nccc(-n3ccc4c(F)cccc43)n2)cc1)N(CCN1CCCC1)C1CCNCC1. The summed E-state index contributed by atoms with van der Waals surface area (Å²) in [7, 11) is -3.66. The molecule has 0 unspecified atom stereocenters. The molecule has 6 rings (SSSR count). The van der Waals surface area contributed by atoms with E-state index in [0.717, 1.165) is 45.6 Å². The number of nitrogens with zero attached hydrogens (tertiary/aromatic N) is 5. The first-order valence-electron chi connectivity index (χ1n) is 13.9. The van der Waals surface area contributed by atoms with Gasteiger partial charge in [-0.05, 0) is 100 Å². The van der Waals surface area contributed by atoms with E-state index in [0.29, 0.717) is 34.9 Å². The fourth-order valence-corrected chi connectivity index (χ4v) is 7.36. The lowest BCUT2D eigenvalue weighted by Crippen LogP contribution is -2.48. The van der Waals surface area contributed by atoms with Gasteiger partial charge in [-0.3, -0.25) is 0 Å². The summed E-state index contributed by atoms with van der Waals surface area (Å²) >= 11 is 0. The number of sulfonamides is 1. The van der Waals surface area contributed by atoms with Gasteiger partial charge in [0.05, 0.1) is 10.4 Å². The van der Waals surface area contributed by atoms with Gasteiger partial charge in [-0.1, -0.05) is 6.07 Å². The van der Waals surface area contributed by atoms with Gasteiger partial charge >= 0.3 is 0 Å². The first kappa shape index (κ1) is 26.8. The van der Waals surface area contributed by atoms with Crippen molar-refractivity contribution < 1.29 is 12.8 Å². The first-order chi connectivity index (χ1) is 19.5. The van der Waals surface area contributed by atoms with Crippen molar-refractivity contribution in [3.63, 3.8) is 0 Å². The van der Waals surface area contributed by atoms with Gasteiger partial charge < -0.3 is 20.1 Å². The molecule has 2 aliphatic rings. The second-order valence-corrected chi connectivity index (χ2v) is 12.3. The number of aromatic nitrogens is 3. The van der Waals surface area contributed by atoms with E-state index in [9.17, 15) is 12.8 Å². The molecule has 0 saturated carbocycles. The molecule has 0 aliphatic carbocycles. The molecule has 0 amide bonds. The van der Waals surface area contributed by atoms with E-state index in [4.69, 9.17) is 0 Å². The lowest BCUT2D eigenvalue weighted by Gasteiger charge is -2.34. The largest absolute Gasteiger partial charge is 0.324 e. The van der Waals surface area contributed by atoms with Crippen LogP contribution < -0.4 is 10.6 Å². The van der Waals surface area contributed by atoms with Gasteiger partial charge in [-0.25, -0.2) is 17.8 Å². The lowest BCUT2D eigenvalue weighted by atomic mass is 10.1. The molecule has 2 fully saturated rings. The fourth-order valence-electron chi connectivity index (χ4n) is 5.69. The van der Waals surface area contributed by atoms with Crippen LogP contribution in [-0.2, 0) is 10.0 Å². The van der Waals surface area contributed by atoms with Crippen LogP contribution in [-0.4, -0.2) is 77.5 Å². The van der Waals surface area contributed by atoms with E-state index in [-0.39, 0.29) is 16.8 Å². The Morgan fingerprint density at radius 2 is 1.80 bits per heavy atom. The van der Waals surface area contributed by atoms with Gasteiger partial charge in [-0.15, -0.1) is 0 Å². The quantitative estimate of drug-likeness (QED) is 0.316. The summed E-state index contributed by atoms with van der Waals surface area (Å²) in [6, 6.07) is 15.2. The molecule has 2 N–H and O–H groups in total. The Morgan fingerprint density at radius 1 is 1.02 bits per heavy atom. The maximum absolute atomic E-state index is 14.2. The number of likely N-dealkylation sites (tertiary alicyclic amines) is 1. The van der Waals surface area contributed by atoms with Crippen LogP contribution in [0.4, 0.5) is 16.0 Å². The molecule has 9 nitrogen and oxygen atoms in total. The molecule has 11 heteroatoms. The molecule has 0 spiro atoms. The van der Waals surface area contributed by atoms with Crippen molar-refractivity contribution >= 4 is 32.6 Å². The Bertz CT molecular complexity index is 1560. The average molecular weight is 564 g/mol. The van der Waals surface area contributed by atoms with Crippen molar-refractivity contribution in [2.24, 2.45) is 0 Å². The maximum Gasteiger partial charge on any atom is 0.243 e. The second kappa shape index (κ2) is 11.6. The van der Waals surface area contributed by atoms with Gasteiger partial charge in [0.1, 0.15) is 11.6 Å². The van der Waals surface area contributed by atoms with Gasteiger partial charge in [0.25, 0.3) is 0 Å². The van der Waals surface area contributed by atoms with E-state index in [1.165, 1.54) is 18.9 Å². The number of rotatable bonds is 9. The van der Waals surface area contributed by atoms with Gasteiger partial charge in [-0.2, -0.15) is 9.29 Å². The molecular formula is C29H34FN7O2S. The highest BCUT2D eigenvalue weighted by Gasteiger charge is 2.32. The van der Waals surface area contributed by atoms with E-state index in [2.05, 4.69) is 25.5 Å². The summed E-state index contributed by atoms with van der Waals surface area (Å²) in [4.78, 5) is 11.6. The summed E-state index contributed by atoms with van der Waals surface area (Å²) < 4.78 is 45.3. The van der Waals surface area contributed by atoms with Gasteiger partial charge in [0.15, 0.2) is 0 Å². The predicted molar refractivity (Wildman–Crippen MR) is 154 cm³/mol. The number of anilines is 2. The minimum Gasteiger partial charge on any atom is -0.324 e. The number of piperidine rings is 1. The number of hydrogen-bond acceptors (Lipinski definition) is 7. The zero-order chi connectivity index (χ0) is 27.5. The maximum atomic E-state index is 14.2. The van der Waals surface area contributed by atoms with E-state index < -0.39 is 10.0 Å². The number of halogens is 1. The molecule has 2 aromatic carbocycles. The molecule has 2 aromatic heterocycles. The summed E-state index contributed by atoms with van der Waals surface area (Å²) in [6.07, 6.45) is 7.40. The molecule has 40 heavy (non-hydrogen) atoms. The van der Waals surface area contributed by atoms with Crippen LogP contribution in [0.15, 0.2) is 71.9 Å². The summed E-state index contributed by atoms with van der Waals surface area (Å²) in [5.41, 5.74) is 1.38. The van der Waals surface area contributed by atoms with Crippen molar-refractivity contribution in [3.8, 4) is 5.82 Å². The smallest absolute Gasteiger partial charge is 0.243 e. The zero-order valence-corrected chi connectivity index (χ0v) is 23.2. The van der Waals surface area contributed by atoms with Crippen LogP contribution in [0.3, 0.4) is 0 Å². The Labute approximate surface area is 234 Å². The number of nitrogens with one attached hydrogen (secondary N) is 2. The predicted octanol–water partition coefficient (Wildman–Crippen LogP) is 4.14.